The summed E-state index contributed by atoms with van der Waals surface area (Å²) in [5.41, 5.74) is 1.29. The fourth-order valence-corrected chi connectivity index (χ4v) is 1.44. The number of aromatic carboxylic acids is 1. The number of aryl methyl sites for hydroxylation is 1. The highest BCUT2D eigenvalue weighted by Gasteiger charge is 2.19. The molecule has 0 radical (unpaired) electrons. The molecule has 0 atom stereocenters. The molecule has 0 unspecified atom stereocenters. The molecule has 2 heterocycles. The molecule has 2 aromatic rings. The molecule has 2 N–H and O–H groups in total. The van der Waals surface area contributed by atoms with E-state index in [2.05, 4.69) is 15.3 Å². The second kappa shape index (κ2) is 3.56. The van der Waals surface area contributed by atoms with Gasteiger partial charge in [0.05, 0.1) is 0 Å². The third-order valence-corrected chi connectivity index (χ3v) is 2.11. The first-order chi connectivity index (χ1) is 7.24. The van der Waals surface area contributed by atoms with Gasteiger partial charge in [0.2, 0.25) is 0 Å². The van der Waals surface area contributed by atoms with E-state index in [-0.39, 0.29) is 5.69 Å². The zero-order valence-electron chi connectivity index (χ0n) is 8.14. The van der Waals surface area contributed by atoms with E-state index in [1.54, 1.807) is 23.1 Å². The molecule has 0 aliphatic heterocycles. The van der Waals surface area contributed by atoms with Crippen molar-refractivity contribution in [2.75, 3.05) is 0 Å². The molecule has 0 bridgehead atoms. The Morgan fingerprint density at radius 2 is 2.47 bits per heavy atom. The number of aromatic nitrogens is 4. The second-order valence-corrected chi connectivity index (χ2v) is 3.01. The molecule has 6 nitrogen and oxygen atoms in total. The Morgan fingerprint density at radius 3 is 3.00 bits per heavy atom. The third kappa shape index (κ3) is 1.50. The Labute approximate surface area is 85.5 Å². The summed E-state index contributed by atoms with van der Waals surface area (Å²) in [6.45, 7) is 2.47. The van der Waals surface area contributed by atoms with Crippen molar-refractivity contribution in [2.45, 2.75) is 13.5 Å². The lowest BCUT2D eigenvalue weighted by Gasteiger charge is -2.01. The lowest BCUT2D eigenvalue weighted by molar-refractivity contribution is 0.0691. The first kappa shape index (κ1) is 9.45. The number of aromatic amines is 1. The summed E-state index contributed by atoms with van der Waals surface area (Å²) in [5.74, 6) is -1.06. The van der Waals surface area contributed by atoms with Gasteiger partial charge in [-0.15, -0.1) is 5.10 Å². The molecule has 0 fully saturated rings. The van der Waals surface area contributed by atoms with Crippen LogP contribution < -0.4 is 0 Å². The monoisotopic (exact) mass is 206 g/mol. The average molecular weight is 206 g/mol. The van der Waals surface area contributed by atoms with Crippen molar-refractivity contribution in [3.05, 3.63) is 24.2 Å². The van der Waals surface area contributed by atoms with Crippen LogP contribution in [0.15, 0.2) is 18.5 Å². The summed E-state index contributed by atoms with van der Waals surface area (Å²) in [4.78, 5) is 13.8. The Morgan fingerprint density at radius 1 is 1.67 bits per heavy atom. The van der Waals surface area contributed by atoms with E-state index >= 15 is 0 Å². The summed E-state index contributed by atoms with van der Waals surface area (Å²) in [6, 6.07) is 1.79. The first-order valence-electron chi connectivity index (χ1n) is 4.54. The molecule has 15 heavy (non-hydrogen) atoms. The summed E-state index contributed by atoms with van der Waals surface area (Å²) in [6.07, 6.45) is 3.45. The predicted molar refractivity (Wildman–Crippen MR) is 52.4 cm³/mol. The molecule has 2 aromatic heterocycles. The van der Waals surface area contributed by atoms with E-state index in [1.807, 2.05) is 6.92 Å². The molecule has 0 aliphatic carbocycles. The smallest absolute Gasteiger partial charge is 0.358 e. The SMILES string of the molecule is CCn1nnc(C(=O)O)c1-c1cc[nH]c1. The Balaban J connectivity index is 2.61. The minimum atomic E-state index is -1.06. The standard InChI is InChI=1S/C9H10N4O2/c1-2-13-8(6-3-4-10-5-6)7(9(14)15)11-12-13/h3-5,10H,2H2,1H3,(H,14,15). The second-order valence-electron chi connectivity index (χ2n) is 3.01. The fraction of sp³-hybridized carbons (Fsp3) is 0.222. The average Bonchev–Trinajstić information content (AvgIpc) is 2.85. The van der Waals surface area contributed by atoms with E-state index in [4.69, 9.17) is 5.11 Å². The van der Waals surface area contributed by atoms with Gasteiger partial charge in [-0.05, 0) is 13.0 Å². The van der Waals surface area contributed by atoms with Crippen LogP contribution in [0.5, 0.6) is 0 Å². The van der Waals surface area contributed by atoms with Crippen LogP contribution in [0.3, 0.4) is 0 Å². The Bertz CT molecular complexity index is 472. The lowest BCUT2D eigenvalue weighted by atomic mass is 10.2. The number of nitrogens with one attached hydrogen (secondary N) is 1. The van der Waals surface area contributed by atoms with Crippen molar-refractivity contribution in [2.24, 2.45) is 0 Å². The number of nitrogens with zero attached hydrogens (tertiary/aromatic N) is 3. The summed E-state index contributed by atoms with van der Waals surface area (Å²) >= 11 is 0. The summed E-state index contributed by atoms with van der Waals surface area (Å²) in [7, 11) is 0. The van der Waals surface area contributed by atoms with E-state index in [9.17, 15) is 4.79 Å². The van der Waals surface area contributed by atoms with Crippen LogP contribution in [0.2, 0.25) is 0 Å². The van der Waals surface area contributed by atoms with Crippen molar-refractivity contribution >= 4 is 5.97 Å². The van der Waals surface area contributed by atoms with Gasteiger partial charge < -0.3 is 10.1 Å². The first-order valence-corrected chi connectivity index (χ1v) is 4.54. The van der Waals surface area contributed by atoms with Crippen molar-refractivity contribution in [1.29, 1.82) is 0 Å². The molecule has 0 aliphatic rings. The molecule has 0 aromatic carbocycles. The number of carboxylic acids is 1. The molecule has 2 rings (SSSR count). The highest BCUT2D eigenvalue weighted by atomic mass is 16.4. The van der Waals surface area contributed by atoms with E-state index < -0.39 is 5.97 Å². The van der Waals surface area contributed by atoms with Gasteiger partial charge in [-0.3, -0.25) is 0 Å². The molecule has 0 spiro atoms. The van der Waals surface area contributed by atoms with Crippen LogP contribution in [-0.2, 0) is 6.54 Å². The molecule has 78 valence electrons. The van der Waals surface area contributed by atoms with Crippen molar-refractivity contribution in [1.82, 2.24) is 20.0 Å². The van der Waals surface area contributed by atoms with Gasteiger partial charge in [-0.2, -0.15) is 0 Å². The fourth-order valence-electron chi connectivity index (χ4n) is 1.44. The van der Waals surface area contributed by atoms with Crippen LogP contribution in [0.25, 0.3) is 11.3 Å². The van der Waals surface area contributed by atoms with Crippen molar-refractivity contribution in [3.8, 4) is 11.3 Å². The van der Waals surface area contributed by atoms with Gasteiger partial charge in [0.1, 0.15) is 5.69 Å². The maximum atomic E-state index is 10.9. The zero-order chi connectivity index (χ0) is 10.8. The lowest BCUT2D eigenvalue weighted by Crippen LogP contribution is -2.02. The Kier molecular flexibility index (Phi) is 2.24. The summed E-state index contributed by atoms with van der Waals surface area (Å²) < 4.78 is 1.56. The van der Waals surface area contributed by atoms with Crippen LogP contribution in [0, 0.1) is 0 Å². The van der Waals surface area contributed by atoms with E-state index in [1.165, 1.54) is 0 Å². The number of hydrogen-bond acceptors (Lipinski definition) is 3. The van der Waals surface area contributed by atoms with E-state index in [0.29, 0.717) is 12.2 Å². The van der Waals surface area contributed by atoms with Crippen molar-refractivity contribution < 1.29 is 9.90 Å². The van der Waals surface area contributed by atoms with Gasteiger partial charge in [0.15, 0.2) is 5.69 Å². The number of rotatable bonds is 3. The highest BCUT2D eigenvalue weighted by Crippen LogP contribution is 2.21. The molecule has 0 saturated carbocycles. The maximum absolute atomic E-state index is 10.9. The summed E-state index contributed by atoms with van der Waals surface area (Å²) in [5, 5.41) is 16.4. The van der Waals surface area contributed by atoms with Crippen molar-refractivity contribution in [3.63, 3.8) is 0 Å². The number of H-pyrrole nitrogens is 1. The third-order valence-electron chi connectivity index (χ3n) is 2.11. The molecule has 0 amide bonds. The van der Waals surface area contributed by atoms with Crippen LogP contribution in [0.4, 0.5) is 0 Å². The van der Waals surface area contributed by atoms with Gasteiger partial charge in [-0.1, -0.05) is 5.21 Å². The van der Waals surface area contributed by atoms with Gasteiger partial charge in [-0.25, -0.2) is 9.48 Å². The molecular formula is C9H10N4O2. The van der Waals surface area contributed by atoms with E-state index in [0.717, 1.165) is 5.56 Å². The Hall–Kier alpha value is -2.11. The highest BCUT2D eigenvalue weighted by molar-refractivity contribution is 5.92. The number of carbonyl (C=O) groups is 1. The molecule has 0 saturated heterocycles. The zero-order valence-corrected chi connectivity index (χ0v) is 8.14. The van der Waals surface area contributed by atoms with Gasteiger partial charge in [0, 0.05) is 24.5 Å². The minimum Gasteiger partial charge on any atom is -0.476 e. The molecule has 6 heteroatoms. The largest absolute Gasteiger partial charge is 0.476 e. The quantitative estimate of drug-likeness (QED) is 0.784. The van der Waals surface area contributed by atoms with Crippen LogP contribution >= 0.6 is 0 Å². The van der Waals surface area contributed by atoms with Gasteiger partial charge >= 0.3 is 5.97 Å². The topological polar surface area (TPSA) is 83.8 Å². The normalized spacial score (nSPS) is 10.5. The maximum Gasteiger partial charge on any atom is 0.358 e. The van der Waals surface area contributed by atoms with Crippen LogP contribution in [-0.4, -0.2) is 31.1 Å². The number of carboxylic acid groups (broad SMARTS) is 1. The van der Waals surface area contributed by atoms with Gasteiger partial charge in [0.25, 0.3) is 0 Å². The minimum absolute atomic E-state index is 0.0172. The van der Waals surface area contributed by atoms with Crippen LogP contribution in [0.1, 0.15) is 17.4 Å². The molecular weight excluding hydrogens is 196 g/mol. The number of hydrogen-bond donors (Lipinski definition) is 2. The predicted octanol–water partition coefficient (Wildman–Crippen LogP) is 0.991.